The molecule has 1 heterocycles. The standard InChI is InChI=1S/C15H17F2N3/c1-4-14(12-8-11(16)5-6-13(12)17)20-15-7-9(2)18-10(3)19-15/h5-8,14H,4H2,1-3H3,(H,18,19,20). The SMILES string of the molecule is CCC(Nc1cc(C)nc(C)n1)c1cc(F)ccc1F. The summed E-state index contributed by atoms with van der Waals surface area (Å²) in [5.74, 6) is 0.387. The number of hydrogen-bond donors (Lipinski definition) is 1. The second-order valence-electron chi connectivity index (χ2n) is 4.71. The summed E-state index contributed by atoms with van der Waals surface area (Å²) in [7, 11) is 0. The molecule has 0 saturated heterocycles. The van der Waals surface area contributed by atoms with Crippen molar-refractivity contribution in [1.82, 2.24) is 9.97 Å². The lowest BCUT2D eigenvalue weighted by Gasteiger charge is -2.19. The largest absolute Gasteiger partial charge is 0.363 e. The normalized spacial score (nSPS) is 12.2. The Hall–Kier alpha value is -2.04. The van der Waals surface area contributed by atoms with Gasteiger partial charge in [0.25, 0.3) is 0 Å². The van der Waals surface area contributed by atoms with Gasteiger partial charge in [-0.2, -0.15) is 0 Å². The molecule has 0 aliphatic carbocycles. The van der Waals surface area contributed by atoms with Crippen molar-refractivity contribution in [3.63, 3.8) is 0 Å². The quantitative estimate of drug-likeness (QED) is 0.920. The van der Waals surface area contributed by atoms with E-state index in [1.54, 1.807) is 13.0 Å². The molecule has 3 nitrogen and oxygen atoms in total. The molecular weight excluding hydrogens is 260 g/mol. The fourth-order valence-corrected chi connectivity index (χ4v) is 2.15. The van der Waals surface area contributed by atoms with E-state index in [4.69, 9.17) is 0 Å². The molecule has 1 N–H and O–H groups in total. The average molecular weight is 277 g/mol. The van der Waals surface area contributed by atoms with E-state index in [1.807, 2.05) is 13.8 Å². The Morgan fingerprint density at radius 1 is 1.15 bits per heavy atom. The molecule has 0 bridgehead atoms. The van der Waals surface area contributed by atoms with Crippen molar-refractivity contribution in [2.45, 2.75) is 33.2 Å². The summed E-state index contributed by atoms with van der Waals surface area (Å²) in [6.07, 6.45) is 0.614. The number of aromatic nitrogens is 2. The third kappa shape index (κ3) is 3.29. The maximum Gasteiger partial charge on any atom is 0.130 e. The molecule has 0 fully saturated rings. The van der Waals surface area contributed by atoms with Crippen LogP contribution in [0.1, 0.15) is 36.5 Å². The van der Waals surface area contributed by atoms with Crippen LogP contribution in [-0.4, -0.2) is 9.97 Å². The predicted octanol–water partition coefficient (Wildman–Crippen LogP) is 3.93. The third-order valence-corrected chi connectivity index (χ3v) is 3.03. The van der Waals surface area contributed by atoms with Gasteiger partial charge in [-0.05, 0) is 38.5 Å². The first-order chi connectivity index (χ1) is 9.49. The Morgan fingerprint density at radius 2 is 1.90 bits per heavy atom. The molecule has 0 radical (unpaired) electrons. The van der Waals surface area contributed by atoms with E-state index in [-0.39, 0.29) is 6.04 Å². The summed E-state index contributed by atoms with van der Waals surface area (Å²) in [6, 6.07) is 4.93. The van der Waals surface area contributed by atoms with Crippen LogP contribution in [-0.2, 0) is 0 Å². The highest BCUT2D eigenvalue weighted by atomic mass is 19.1. The van der Waals surface area contributed by atoms with E-state index in [1.165, 1.54) is 6.07 Å². The van der Waals surface area contributed by atoms with Crippen molar-refractivity contribution < 1.29 is 8.78 Å². The first-order valence-electron chi connectivity index (χ1n) is 6.53. The molecule has 0 aliphatic rings. The van der Waals surface area contributed by atoms with Crippen LogP contribution >= 0.6 is 0 Å². The molecule has 5 heteroatoms. The Labute approximate surface area is 117 Å². The van der Waals surface area contributed by atoms with Crippen molar-refractivity contribution >= 4 is 5.82 Å². The summed E-state index contributed by atoms with van der Waals surface area (Å²) in [4.78, 5) is 8.45. The summed E-state index contributed by atoms with van der Waals surface area (Å²) in [5, 5.41) is 3.14. The Morgan fingerprint density at radius 3 is 2.55 bits per heavy atom. The number of rotatable bonds is 4. The van der Waals surface area contributed by atoms with Gasteiger partial charge in [-0.1, -0.05) is 6.92 Å². The highest BCUT2D eigenvalue weighted by Gasteiger charge is 2.15. The first-order valence-corrected chi connectivity index (χ1v) is 6.53. The summed E-state index contributed by atoms with van der Waals surface area (Å²) < 4.78 is 27.1. The number of benzene rings is 1. The van der Waals surface area contributed by atoms with Crippen LogP contribution in [0.5, 0.6) is 0 Å². The third-order valence-electron chi connectivity index (χ3n) is 3.03. The number of anilines is 1. The second-order valence-corrected chi connectivity index (χ2v) is 4.71. The van der Waals surface area contributed by atoms with Gasteiger partial charge in [0.15, 0.2) is 0 Å². The van der Waals surface area contributed by atoms with Gasteiger partial charge in [-0.3, -0.25) is 0 Å². The van der Waals surface area contributed by atoms with Crippen molar-refractivity contribution in [2.75, 3.05) is 5.32 Å². The molecule has 106 valence electrons. The minimum absolute atomic E-state index is 0.307. The zero-order valence-corrected chi connectivity index (χ0v) is 11.7. The zero-order valence-electron chi connectivity index (χ0n) is 11.7. The molecule has 0 spiro atoms. The summed E-state index contributed by atoms with van der Waals surface area (Å²) in [6.45, 7) is 5.56. The van der Waals surface area contributed by atoms with Gasteiger partial charge in [0, 0.05) is 17.3 Å². The van der Waals surface area contributed by atoms with E-state index < -0.39 is 11.6 Å². The molecule has 1 aromatic heterocycles. The van der Waals surface area contributed by atoms with Gasteiger partial charge < -0.3 is 5.32 Å². The number of aryl methyl sites for hydroxylation is 2. The lowest BCUT2D eigenvalue weighted by molar-refractivity contribution is 0.566. The number of nitrogens with one attached hydrogen (secondary N) is 1. The molecule has 0 amide bonds. The van der Waals surface area contributed by atoms with Crippen LogP contribution in [0.3, 0.4) is 0 Å². The molecule has 1 aromatic carbocycles. The lowest BCUT2D eigenvalue weighted by Crippen LogP contribution is -2.13. The Balaban J connectivity index is 2.31. The van der Waals surface area contributed by atoms with E-state index in [2.05, 4.69) is 15.3 Å². The lowest BCUT2D eigenvalue weighted by atomic mass is 10.0. The fourth-order valence-electron chi connectivity index (χ4n) is 2.15. The van der Waals surface area contributed by atoms with Crippen molar-refractivity contribution in [3.8, 4) is 0 Å². The molecule has 1 unspecified atom stereocenters. The van der Waals surface area contributed by atoms with Crippen molar-refractivity contribution in [2.24, 2.45) is 0 Å². The Kier molecular flexibility index (Phi) is 4.27. The topological polar surface area (TPSA) is 37.8 Å². The number of hydrogen-bond acceptors (Lipinski definition) is 3. The van der Waals surface area contributed by atoms with Gasteiger partial charge in [-0.25, -0.2) is 18.7 Å². The van der Waals surface area contributed by atoms with Gasteiger partial charge in [0.2, 0.25) is 0 Å². The minimum Gasteiger partial charge on any atom is -0.363 e. The number of nitrogens with zero attached hydrogens (tertiary/aromatic N) is 2. The summed E-state index contributed by atoms with van der Waals surface area (Å²) in [5.41, 5.74) is 1.14. The van der Waals surface area contributed by atoms with Crippen LogP contribution in [0.2, 0.25) is 0 Å². The van der Waals surface area contributed by atoms with E-state index in [0.29, 0.717) is 23.6 Å². The monoisotopic (exact) mass is 277 g/mol. The smallest absolute Gasteiger partial charge is 0.130 e. The second kappa shape index (κ2) is 5.94. The predicted molar refractivity (Wildman–Crippen MR) is 74.5 cm³/mol. The maximum absolute atomic E-state index is 13.8. The zero-order chi connectivity index (χ0) is 14.7. The van der Waals surface area contributed by atoms with Gasteiger partial charge in [0.05, 0.1) is 6.04 Å². The van der Waals surface area contributed by atoms with E-state index in [0.717, 1.165) is 17.8 Å². The first kappa shape index (κ1) is 14.4. The molecule has 0 saturated carbocycles. The van der Waals surface area contributed by atoms with Gasteiger partial charge in [0.1, 0.15) is 23.3 Å². The van der Waals surface area contributed by atoms with Gasteiger partial charge in [-0.15, -0.1) is 0 Å². The molecule has 0 aliphatic heterocycles. The van der Waals surface area contributed by atoms with Crippen LogP contribution in [0.15, 0.2) is 24.3 Å². The molecule has 2 aromatic rings. The van der Waals surface area contributed by atoms with Gasteiger partial charge >= 0.3 is 0 Å². The maximum atomic E-state index is 13.8. The fraction of sp³-hybridized carbons (Fsp3) is 0.333. The van der Waals surface area contributed by atoms with Crippen molar-refractivity contribution in [1.29, 1.82) is 0 Å². The van der Waals surface area contributed by atoms with Crippen LogP contribution in [0.4, 0.5) is 14.6 Å². The molecule has 1 atom stereocenters. The molecular formula is C15H17F2N3. The number of halogens is 2. The summed E-state index contributed by atoms with van der Waals surface area (Å²) >= 11 is 0. The minimum atomic E-state index is -0.448. The van der Waals surface area contributed by atoms with E-state index in [9.17, 15) is 8.78 Å². The highest BCUT2D eigenvalue weighted by Crippen LogP contribution is 2.25. The van der Waals surface area contributed by atoms with Crippen LogP contribution in [0.25, 0.3) is 0 Å². The van der Waals surface area contributed by atoms with Crippen LogP contribution < -0.4 is 5.32 Å². The highest BCUT2D eigenvalue weighted by molar-refractivity contribution is 5.40. The average Bonchev–Trinajstić information content (AvgIpc) is 2.38. The van der Waals surface area contributed by atoms with E-state index >= 15 is 0 Å². The molecule has 20 heavy (non-hydrogen) atoms. The van der Waals surface area contributed by atoms with Crippen LogP contribution in [0, 0.1) is 25.5 Å². The Bertz CT molecular complexity index is 594. The molecule has 2 rings (SSSR count). The van der Waals surface area contributed by atoms with Crippen molar-refractivity contribution in [3.05, 3.63) is 53.0 Å².